The number of carboxylic acids is 1. The molecule has 2 fully saturated rings. The van der Waals surface area contributed by atoms with E-state index in [1.807, 2.05) is 11.8 Å². The van der Waals surface area contributed by atoms with Crippen LogP contribution in [0.1, 0.15) is 32.1 Å². The number of nitrogens with one attached hydrogen (secondary N) is 2. The molecule has 2 aliphatic rings. The van der Waals surface area contributed by atoms with E-state index in [1.54, 1.807) is 4.90 Å². The van der Waals surface area contributed by atoms with Crippen molar-refractivity contribution in [2.75, 3.05) is 91.5 Å². The number of fused-ring (bicyclic) bond motifs is 1. The highest BCUT2D eigenvalue weighted by molar-refractivity contribution is 8.00. The van der Waals surface area contributed by atoms with Gasteiger partial charge in [0.15, 0.2) is 0 Å². The van der Waals surface area contributed by atoms with Crippen molar-refractivity contribution in [3.63, 3.8) is 0 Å². The fourth-order valence-corrected chi connectivity index (χ4v) is 5.85. The number of rotatable bonds is 26. The summed E-state index contributed by atoms with van der Waals surface area (Å²) in [5.41, 5.74) is 8.25. The molecule has 0 radical (unpaired) electrons. The Morgan fingerprint density at radius 3 is 2.15 bits per heavy atom. The summed E-state index contributed by atoms with van der Waals surface area (Å²) in [5, 5.41) is 18.3. The number of carbonyl (C=O) groups is 3. The van der Waals surface area contributed by atoms with E-state index >= 15 is 0 Å². The van der Waals surface area contributed by atoms with Gasteiger partial charge < -0.3 is 44.3 Å². The number of carbonyl (C=O) groups excluding carboxylic acids is 2. The van der Waals surface area contributed by atoms with Gasteiger partial charge >= 0.3 is 12.0 Å². The van der Waals surface area contributed by atoms with Crippen molar-refractivity contribution in [2.45, 2.75) is 49.4 Å². The predicted octanol–water partition coefficient (Wildman–Crippen LogP) is 1.41. The van der Waals surface area contributed by atoms with E-state index in [4.69, 9.17) is 34.3 Å². The second-order valence-electron chi connectivity index (χ2n) is 9.41. The van der Waals surface area contributed by atoms with Crippen LogP contribution in [0.25, 0.3) is 10.4 Å². The molecular weight excluding hydrogens is 560 g/mol. The number of nitrogens with zero attached hydrogens (tertiary/aromatic N) is 4. The van der Waals surface area contributed by atoms with Gasteiger partial charge in [0.05, 0.1) is 84.6 Å². The Morgan fingerprint density at radius 2 is 1.51 bits per heavy atom. The lowest BCUT2D eigenvalue weighted by Gasteiger charge is -2.23. The third-order valence-electron chi connectivity index (χ3n) is 6.41. The molecule has 0 aliphatic carbocycles. The van der Waals surface area contributed by atoms with Crippen molar-refractivity contribution in [3.8, 4) is 0 Å². The van der Waals surface area contributed by atoms with Crippen LogP contribution in [0.15, 0.2) is 5.11 Å². The zero-order chi connectivity index (χ0) is 29.5. The van der Waals surface area contributed by atoms with Crippen LogP contribution in [-0.4, -0.2) is 137 Å². The first-order chi connectivity index (χ1) is 20.0. The molecule has 2 heterocycles. The summed E-state index contributed by atoms with van der Waals surface area (Å²) in [5.74, 6) is 0.0709. The highest BCUT2D eigenvalue weighted by Crippen LogP contribution is 2.33. The predicted molar refractivity (Wildman–Crippen MR) is 151 cm³/mol. The third-order valence-corrected chi connectivity index (χ3v) is 7.92. The molecule has 41 heavy (non-hydrogen) atoms. The molecular formula is C25H44N6O9S. The van der Waals surface area contributed by atoms with Crippen LogP contribution >= 0.6 is 11.8 Å². The van der Waals surface area contributed by atoms with Gasteiger partial charge in [-0.15, -0.1) is 0 Å². The Kier molecular flexibility index (Phi) is 19.0. The quantitative estimate of drug-likeness (QED) is 0.0427. The van der Waals surface area contributed by atoms with Crippen molar-refractivity contribution in [3.05, 3.63) is 10.4 Å². The van der Waals surface area contributed by atoms with Crippen LogP contribution in [0.4, 0.5) is 4.79 Å². The van der Waals surface area contributed by atoms with Gasteiger partial charge in [0.1, 0.15) is 0 Å². The summed E-state index contributed by atoms with van der Waals surface area (Å²) in [6, 6.07) is 0.285. The van der Waals surface area contributed by atoms with E-state index in [9.17, 15) is 14.4 Å². The van der Waals surface area contributed by atoms with Gasteiger partial charge in [0.25, 0.3) is 0 Å². The zero-order valence-electron chi connectivity index (χ0n) is 23.6. The van der Waals surface area contributed by atoms with Gasteiger partial charge in [-0.1, -0.05) is 11.5 Å². The van der Waals surface area contributed by atoms with Crippen LogP contribution < -0.4 is 10.6 Å². The molecule has 234 valence electrons. The van der Waals surface area contributed by atoms with Gasteiger partial charge in [-0.3, -0.25) is 9.59 Å². The number of carboxylic acid groups (broad SMARTS) is 1. The molecule has 0 aromatic heterocycles. The minimum absolute atomic E-state index is 0.0339. The average Bonchev–Trinajstić information content (AvgIpc) is 3.50. The third kappa shape index (κ3) is 16.0. The van der Waals surface area contributed by atoms with Crippen LogP contribution in [0, 0.1) is 0 Å². The Hall–Kier alpha value is -2.33. The van der Waals surface area contributed by atoms with Gasteiger partial charge in [-0.05, 0) is 18.4 Å². The van der Waals surface area contributed by atoms with E-state index in [2.05, 4.69) is 20.7 Å². The fraction of sp³-hybridized carbons (Fsp3) is 0.880. The lowest BCUT2D eigenvalue weighted by Crippen LogP contribution is -2.37. The maximum absolute atomic E-state index is 13.0. The zero-order valence-corrected chi connectivity index (χ0v) is 24.4. The van der Waals surface area contributed by atoms with Gasteiger partial charge in [-0.2, -0.15) is 11.8 Å². The molecule has 3 amide bonds. The Labute approximate surface area is 244 Å². The van der Waals surface area contributed by atoms with Gasteiger partial charge in [0.2, 0.25) is 5.91 Å². The van der Waals surface area contributed by atoms with Crippen LogP contribution in [0.3, 0.4) is 0 Å². The molecule has 0 unspecified atom stereocenters. The van der Waals surface area contributed by atoms with Crippen molar-refractivity contribution in [1.82, 2.24) is 15.5 Å². The van der Waals surface area contributed by atoms with Crippen molar-refractivity contribution >= 4 is 29.7 Å². The first-order valence-corrected chi connectivity index (χ1v) is 15.1. The van der Waals surface area contributed by atoms with Crippen LogP contribution in [-0.2, 0) is 33.3 Å². The van der Waals surface area contributed by atoms with Gasteiger partial charge in [0, 0.05) is 42.0 Å². The number of thioether (sulfide) groups is 1. The molecule has 3 N–H and O–H groups in total. The summed E-state index contributed by atoms with van der Waals surface area (Å²) in [7, 11) is 0. The summed E-state index contributed by atoms with van der Waals surface area (Å²) in [6.45, 7) is 4.52. The summed E-state index contributed by atoms with van der Waals surface area (Å²) in [4.78, 5) is 39.4. The van der Waals surface area contributed by atoms with E-state index in [0.29, 0.717) is 84.2 Å². The Morgan fingerprint density at radius 1 is 0.902 bits per heavy atom. The van der Waals surface area contributed by atoms with E-state index in [-0.39, 0.29) is 43.6 Å². The number of urea groups is 1. The number of unbranched alkanes of at least 4 members (excludes halogenated alkanes) is 1. The number of ether oxygens (including phenoxy) is 5. The molecule has 2 rings (SSSR count). The lowest BCUT2D eigenvalue weighted by atomic mass is 10.0. The highest BCUT2D eigenvalue weighted by atomic mass is 32.2. The largest absolute Gasteiger partial charge is 0.481 e. The molecule has 0 bridgehead atoms. The number of amides is 3. The smallest absolute Gasteiger partial charge is 0.315 e. The van der Waals surface area contributed by atoms with Crippen LogP contribution in [0.5, 0.6) is 0 Å². The topological polar surface area (TPSA) is 194 Å². The summed E-state index contributed by atoms with van der Waals surface area (Å²) in [6.07, 6.45) is 3.04. The molecule has 0 aromatic rings. The monoisotopic (exact) mass is 604 g/mol. The standard InChI is InChI=1S/C25H44N6O9S/c26-30-27-6-10-37-14-15-38-11-7-31(8-12-39-16-18-40-17-13-36-9-5-23(33)34)22(32)4-2-1-3-21-24-20(19-41-21)28-25(35)29-24/h20-21,24H,1-19H2,(H,33,34)(H2,28,29,35)/t20-,21-,24-/m0/s1. The first-order valence-electron chi connectivity index (χ1n) is 14.1. The number of hydrogen-bond donors (Lipinski definition) is 3. The van der Waals surface area contributed by atoms with Crippen LogP contribution in [0.2, 0.25) is 0 Å². The molecule has 2 aliphatic heterocycles. The van der Waals surface area contributed by atoms with Crippen molar-refractivity contribution < 1.29 is 43.2 Å². The average molecular weight is 605 g/mol. The molecule has 3 atom stereocenters. The Balaban J connectivity index is 1.60. The summed E-state index contributed by atoms with van der Waals surface area (Å²) >= 11 is 1.87. The molecule has 15 nitrogen and oxygen atoms in total. The van der Waals surface area contributed by atoms with Gasteiger partial charge in [-0.25, -0.2) is 4.79 Å². The van der Waals surface area contributed by atoms with Crippen molar-refractivity contribution in [2.24, 2.45) is 5.11 Å². The number of azide groups is 1. The molecule has 0 aromatic carbocycles. The van der Waals surface area contributed by atoms with Crippen molar-refractivity contribution in [1.29, 1.82) is 0 Å². The lowest BCUT2D eigenvalue weighted by molar-refractivity contribution is -0.138. The first kappa shape index (κ1) is 34.9. The number of aliphatic carboxylic acids is 1. The highest BCUT2D eigenvalue weighted by Gasteiger charge is 2.42. The molecule has 0 saturated carbocycles. The maximum Gasteiger partial charge on any atom is 0.315 e. The maximum atomic E-state index is 13.0. The molecule has 2 saturated heterocycles. The van der Waals surface area contributed by atoms with E-state index in [1.165, 1.54) is 0 Å². The normalized spacial score (nSPS) is 19.3. The Bertz CT molecular complexity index is 820. The second kappa shape index (κ2) is 22.3. The fourth-order valence-electron chi connectivity index (χ4n) is 4.31. The van der Waals surface area contributed by atoms with E-state index < -0.39 is 5.97 Å². The molecule has 0 spiro atoms. The van der Waals surface area contributed by atoms with E-state index in [0.717, 1.165) is 25.0 Å². The minimum Gasteiger partial charge on any atom is -0.481 e. The molecule has 16 heteroatoms. The summed E-state index contributed by atoms with van der Waals surface area (Å²) < 4.78 is 27.1. The number of hydrogen-bond acceptors (Lipinski definition) is 10. The minimum atomic E-state index is -0.898. The SMILES string of the molecule is [N-]=[N+]=NCCOCCOCCN(CCOCCOCCOCCC(=O)O)C(=O)CCCC[C@@H]1SC[C@@H]2NC(=O)N[C@@H]21. The second-order valence-corrected chi connectivity index (χ2v) is 10.7.